The number of ether oxygens (including phenoxy) is 1. The monoisotopic (exact) mass is 486 g/mol. The third kappa shape index (κ3) is 7.49. The molecule has 2 saturated heterocycles. The summed E-state index contributed by atoms with van der Waals surface area (Å²) in [7, 11) is 0. The van der Waals surface area contributed by atoms with Crippen LogP contribution in [0.3, 0.4) is 0 Å². The van der Waals surface area contributed by atoms with E-state index in [1.54, 1.807) is 0 Å². The van der Waals surface area contributed by atoms with Crippen molar-refractivity contribution >= 4 is 29.9 Å². The average Bonchev–Trinajstić information content (AvgIpc) is 3.17. The second-order valence-electron chi connectivity index (χ2n) is 7.70. The van der Waals surface area contributed by atoms with Crippen LogP contribution in [0.1, 0.15) is 38.2 Å². The SMILES string of the molecule is CC1CCN(C(N)=NCCc2ccc(OCCN3CCCC3)cc2)CC1.I. The molecule has 0 bridgehead atoms. The number of nitrogens with zero attached hydrogens (tertiary/aromatic N) is 3. The summed E-state index contributed by atoms with van der Waals surface area (Å²) in [6.07, 6.45) is 6.01. The molecule has 2 heterocycles. The van der Waals surface area contributed by atoms with Crippen molar-refractivity contribution in [3.63, 3.8) is 0 Å². The second kappa shape index (κ2) is 11.7. The smallest absolute Gasteiger partial charge is 0.191 e. The van der Waals surface area contributed by atoms with Gasteiger partial charge in [-0.2, -0.15) is 0 Å². The molecule has 0 unspecified atom stereocenters. The minimum atomic E-state index is 0. The maximum Gasteiger partial charge on any atom is 0.191 e. The Bertz CT molecular complexity index is 564. The highest BCUT2D eigenvalue weighted by Crippen LogP contribution is 2.16. The van der Waals surface area contributed by atoms with Crippen molar-refractivity contribution in [2.45, 2.75) is 39.0 Å². The van der Waals surface area contributed by atoms with Crippen LogP contribution in [-0.4, -0.2) is 61.6 Å². The first-order valence-corrected chi connectivity index (χ1v) is 10.2. The van der Waals surface area contributed by atoms with Crippen LogP contribution in [0, 0.1) is 5.92 Å². The van der Waals surface area contributed by atoms with E-state index in [0.29, 0.717) is 5.96 Å². The zero-order valence-electron chi connectivity index (χ0n) is 16.6. The van der Waals surface area contributed by atoms with Crippen molar-refractivity contribution in [2.24, 2.45) is 16.6 Å². The topological polar surface area (TPSA) is 54.1 Å². The molecule has 0 amide bonds. The van der Waals surface area contributed by atoms with Crippen molar-refractivity contribution < 1.29 is 4.74 Å². The molecule has 2 N–H and O–H groups in total. The first-order chi connectivity index (χ1) is 12.7. The van der Waals surface area contributed by atoms with Gasteiger partial charge in [0.15, 0.2) is 5.96 Å². The van der Waals surface area contributed by atoms with Gasteiger partial charge in [0.05, 0.1) is 0 Å². The van der Waals surface area contributed by atoms with Crippen molar-refractivity contribution in [3.8, 4) is 5.75 Å². The minimum Gasteiger partial charge on any atom is -0.492 e. The van der Waals surface area contributed by atoms with Gasteiger partial charge in [-0.15, -0.1) is 24.0 Å². The largest absolute Gasteiger partial charge is 0.492 e. The molecule has 6 heteroatoms. The number of hydrogen-bond donors (Lipinski definition) is 1. The molecule has 0 radical (unpaired) electrons. The van der Waals surface area contributed by atoms with Gasteiger partial charge in [-0.3, -0.25) is 9.89 Å². The van der Waals surface area contributed by atoms with Crippen LogP contribution in [0.5, 0.6) is 5.75 Å². The second-order valence-corrected chi connectivity index (χ2v) is 7.70. The lowest BCUT2D eigenvalue weighted by Gasteiger charge is -2.31. The molecular formula is C21H35IN4O. The lowest BCUT2D eigenvalue weighted by Crippen LogP contribution is -2.42. The first-order valence-electron chi connectivity index (χ1n) is 10.2. The number of guanidine groups is 1. The van der Waals surface area contributed by atoms with Gasteiger partial charge in [-0.05, 0) is 68.8 Å². The van der Waals surface area contributed by atoms with Gasteiger partial charge < -0.3 is 15.4 Å². The molecule has 0 aliphatic carbocycles. The Morgan fingerprint density at radius 3 is 2.44 bits per heavy atom. The van der Waals surface area contributed by atoms with Gasteiger partial charge in [-0.1, -0.05) is 19.1 Å². The Balaban J connectivity index is 0.00000261. The molecule has 2 fully saturated rings. The van der Waals surface area contributed by atoms with Gasteiger partial charge in [0.2, 0.25) is 0 Å². The molecule has 0 aromatic heterocycles. The molecule has 0 spiro atoms. The molecule has 2 aliphatic rings. The maximum atomic E-state index is 6.14. The number of likely N-dealkylation sites (tertiary alicyclic amines) is 2. The quantitative estimate of drug-likeness (QED) is 0.365. The number of nitrogens with two attached hydrogens (primary N) is 1. The fourth-order valence-corrected chi connectivity index (χ4v) is 3.69. The average molecular weight is 486 g/mol. The Hall–Kier alpha value is -1.02. The molecule has 5 nitrogen and oxygen atoms in total. The van der Waals surface area contributed by atoms with Crippen molar-refractivity contribution in [3.05, 3.63) is 29.8 Å². The van der Waals surface area contributed by atoms with Gasteiger partial charge in [-0.25, -0.2) is 0 Å². The van der Waals surface area contributed by atoms with Crippen molar-refractivity contribution in [1.29, 1.82) is 0 Å². The number of rotatable bonds is 7. The van der Waals surface area contributed by atoms with E-state index < -0.39 is 0 Å². The fourth-order valence-electron chi connectivity index (χ4n) is 3.69. The van der Waals surface area contributed by atoms with Crippen molar-refractivity contribution in [1.82, 2.24) is 9.80 Å². The molecule has 152 valence electrons. The van der Waals surface area contributed by atoms with Crippen LogP contribution in [0.25, 0.3) is 0 Å². The Labute approximate surface area is 181 Å². The van der Waals surface area contributed by atoms with Gasteiger partial charge in [0.1, 0.15) is 12.4 Å². The van der Waals surface area contributed by atoms with E-state index in [-0.39, 0.29) is 24.0 Å². The Kier molecular flexibility index (Phi) is 9.68. The van der Waals surface area contributed by atoms with E-state index in [0.717, 1.165) is 50.9 Å². The minimum absolute atomic E-state index is 0. The molecule has 1 aromatic rings. The number of halogens is 1. The molecule has 0 atom stereocenters. The zero-order valence-corrected chi connectivity index (χ0v) is 18.9. The lowest BCUT2D eigenvalue weighted by atomic mass is 10.00. The van der Waals surface area contributed by atoms with E-state index in [2.05, 4.69) is 46.0 Å². The predicted molar refractivity (Wildman–Crippen MR) is 123 cm³/mol. The Morgan fingerprint density at radius 2 is 1.78 bits per heavy atom. The molecular weight excluding hydrogens is 451 g/mol. The molecule has 0 saturated carbocycles. The summed E-state index contributed by atoms with van der Waals surface area (Å²) >= 11 is 0. The van der Waals surface area contributed by atoms with E-state index in [4.69, 9.17) is 10.5 Å². The lowest BCUT2D eigenvalue weighted by molar-refractivity contribution is 0.238. The van der Waals surface area contributed by atoms with Crippen LogP contribution in [0.15, 0.2) is 29.3 Å². The summed E-state index contributed by atoms with van der Waals surface area (Å²) in [4.78, 5) is 9.26. The number of aliphatic imine (C=N–C) groups is 1. The number of hydrogen-bond acceptors (Lipinski definition) is 3. The highest BCUT2D eigenvalue weighted by molar-refractivity contribution is 14.0. The third-order valence-electron chi connectivity index (χ3n) is 5.58. The van der Waals surface area contributed by atoms with E-state index in [1.807, 2.05) is 0 Å². The van der Waals surface area contributed by atoms with Crippen molar-refractivity contribution in [2.75, 3.05) is 45.9 Å². The van der Waals surface area contributed by atoms with E-state index in [9.17, 15) is 0 Å². The van der Waals surface area contributed by atoms with Crippen LogP contribution >= 0.6 is 24.0 Å². The first kappa shape index (κ1) is 22.3. The van der Waals surface area contributed by atoms with Crippen LogP contribution in [-0.2, 0) is 6.42 Å². The standard InChI is InChI=1S/C21H34N4O.HI/c1-18-9-14-25(15-10-18)21(22)23-11-8-19-4-6-20(7-5-19)26-17-16-24-12-2-3-13-24;/h4-7,18H,2-3,8-17H2,1H3,(H2,22,23);1H. The third-order valence-corrected chi connectivity index (χ3v) is 5.58. The summed E-state index contributed by atoms with van der Waals surface area (Å²) in [5.41, 5.74) is 7.42. The maximum absolute atomic E-state index is 6.14. The summed E-state index contributed by atoms with van der Waals surface area (Å²) in [5.74, 6) is 2.48. The van der Waals surface area contributed by atoms with Gasteiger partial charge in [0.25, 0.3) is 0 Å². The fraction of sp³-hybridized carbons (Fsp3) is 0.667. The molecule has 3 rings (SSSR count). The van der Waals surface area contributed by atoms with E-state index in [1.165, 1.54) is 44.3 Å². The zero-order chi connectivity index (χ0) is 18.2. The van der Waals surface area contributed by atoms with Crippen LogP contribution in [0.4, 0.5) is 0 Å². The molecule has 27 heavy (non-hydrogen) atoms. The molecule has 2 aliphatic heterocycles. The summed E-state index contributed by atoms with van der Waals surface area (Å²) in [6, 6.07) is 8.41. The van der Waals surface area contributed by atoms with Crippen LogP contribution in [0.2, 0.25) is 0 Å². The predicted octanol–water partition coefficient (Wildman–Crippen LogP) is 3.37. The highest BCUT2D eigenvalue weighted by Gasteiger charge is 2.16. The summed E-state index contributed by atoms with van der Waals surface area (Å²) in [6.45, 7) is 9.39. The normalized spacial score (nSPS) is 19.1. The summed E-state index contributed by atoms with van der Waals surface area (Å²) < 4.78 is 5.86. The number of benzene rings is 1. The van der Waals surface area contributed by atoms with E-state index >= 15 is 0 Å². The number of piperidine rings is 1. The van der Waals surface area contributed by atoms with Gasteiger partial charge in [0, 0.05) is 26.2 Å². The molecule has 1 aromatic carbocycles. The van der Waals surface area contributed by atoms with Crippen LogP contribution < -0.4 is 10.5 Å². The van der Waals surface area contributed by atoms with Gasteiger partial charge >= 0.3 is 0 Å². The summed E-state index contributed by atoms with van der Waals surface area (Å²) in [5, 5.41) is 0. The Morgan fingerprint density at radius 1 is 1.11 bits per heavy atom. The highest BCUT2D eigenvalue weighted by atomic mass is 127.